The standard InChI is InChI=1S/C7H15NO4S/c1-5(2)8-13(11,12)7(3,4)6(9)10/h5,8H,1-4H3,(H,9,10). The fraction of sp³-hybridized carbons (Fsp3) is 0.857. The molecule has 0 rings (SSSR count). The molecular formula is C7H15NO4S. The van der Waals surface area contributed by atoms with Gasteiger partial charge in [0.2, 0.25) is 10.0 Å². The predicted octanol–water partition coefficient (Wildman–Crippen LogP) is 0.177. The highest BCUT2D eigenvalue weighted by Crippen LogP contribution is 2.15. The third-order valence-corrected chi connectivity index (χ3v) is 3.88. The number of aliphatic carboxylic acids is 1. The highest BCUT2D eigenvalue weighted by Gasteiger charge is 2.42. The zero-order valence-electron chi connectivity index (χ0n) is 8.16. The first-order chi connectivity index (χ1) is 5.61. The highest BCUT2D eigenvalue weighted by atomic mass is 32.2. The molecule has 0 aliphatic rings. The molecule has 0 bridgehead atoms. The lowest BCUT2D eigenvalue weighted by Crippen LogP contribution is -2.49. The molecule has 5 nitrogen and oxygen atoms in total. The average Bonchev–Trinajstić information content (AvgIpc) is 1.83. The van der Waals surface area contributed by atoms with Crippen molar-refractivity contribution in [3.63, 3.8) is 0 Å². The first-order valence-electron chi connectivity index (χ1n) is 3.86. The fourth-order valence-electron chi connectivity index (χ4n) is 0.573. The van der Waals surface area contributed by atoms with Crippen LogP contribution in [0.1, 0.15) is 27.7 Å². The van der Waals surface area contributed by atoms with Crippen molar-refractivity contribution >= 4 is 16.0 Å². The lowest BCUT2D eigenvalue weighted by atomic mass is 10.2. The van der Waals surface area contributed by atoms with E-state index in [1.165, 1.54) is 0 Å². The van der Waals surface area contributed by atoms with Gasteiger partial charge in [0, 0.05) is 6.04 Å². The predicted molar refractivity (Wildman–Crippen MR) is 48.9 cm³/mol. The van der Waals surface area contributed by atoms with E-state index in [4.69, 9.17) is 5.11 Å². The van der Waals surface area contributed by atoms with E-state index in [9.17, 15) is 13.2 Å². The van der Waals surface area contributed by atoms with Crippen LogP contribution in [0.4, 0.5) is 0 Å². The summed E-state index contributed by atoms with van der Waals surface area (Å²) in [5, 5.41) is 8.67. The molecule has 2 N–H and O–H groups in total. The number of carboxylic acids is 1. The molecule has 0 atom stereocenters. The summed E-state index contributed by atoms with van der Waals surface area (Å²) in [6.45, 7) is 5.57. The van der Waals surface area contributed by atoms with Gasteiger partial charge in [0.05, 0.1) is 0 Å². The summed E-state index contributed by atoms with van der Waals surface area (Å²) in [6, 6.07) is -0.302. The van der Waals surface area contributed by atoms with E-state index in [0.29, 0.717) is 0 Å². The van der Waals surface area contributed by atoms with Crippen LogP contribution in [0, 0.1) is 0 Å². The van der Waals surface area contributed by atoms with E-state index >= 15 is 0 Å². The van der Waals surface area contributed by atoms with Crippen LogP contribution in [0.25, 0.3) is 0 Å². The Morgan fingerprint density at radius 3 is 2.00 bits per heavy atom. The minimum Gasteiger partial charge on any atom is -0.480 e. The van der Waals surface area contributed by atoms with Crippen molar-refractivity contribution in [1.82, 2.24) is 4.72 Å². The second kappa shape index (κ2) is 3.63. The normalized spacial score (nSPS) is 13.3. The van der Waals surface area contributed by atoms with E-state index in [1.807, 2.05) is 0 Å². The van der Waals surface area contributed by atoms with Gasteiger partial charge in [-0.25, -0.2) is 13.1 Å². The van der Waals surface area contributed by atoms with Crippen LogP contribution < -0.4 is 4.72 Å². The lowest BCUT2D eigenvalue weighted by Gasteiger charge is -2.21. The van der Waals surface area contributed by atoms with Crippen LogP contribution in [0.2, 0.25) is 0 Å². The third-order valence-electron chi connectivity index (χ3n) is 1.58. The van der Waals surface area contributed by atoms with Crippen LogP contribution >= 0.6 is 0 Å². The quantitative estimate of drug-likeness (QED) is 0.691. The van der Waals surface area contributed by atoms with Crippen LogP contribution in [0.15, 0.2) is 0 Å². The van der Waals surface area contributed by atoms with E-state index < -0.39 is 20.7 Å². The van der Waals surface area contributed by atoms with Crippen LogP contribution in [-0.4, -0.2) is 30.3 Å². The van der Waals surface area contributed by atoms with E-state index in [-0.39, 0.29) is 6.04 Å². The van der Waals surface area contributed by atoms with Crippen LogP contribution in [0.3, 0.4) is 0 Å². The Hall–Kier alpha value is -0.620. The molecule has 0 fully saturated rings. The van der Waals surface area contributed by atoms with Crippen molar-refractivity contribution in [3.05, 3.63) is 0 Å². The Bertz CT molecular complexity index is 292. The summed E-state index contributed by atoms with van der Waals surface area (Å²) in [5.41, 5.74) is 0. The van der Waals surface area contributed by atoms with Gasteiger partial charge in [0.1, 0.15) is 0 Å². The second-order valence-electron chi connectivity index (χ2n) is 3.59. The number of sulfonamides is 1. The third kappa shape index (κ3) is 2.67. The Morgan fingerprint density at radius 1 is 1.38 bits per heavy atom. The van der Waals surface area contributed by atoms with Gasteiger partial charge in [-0.15, -0.1) is 0 Å². The maximum absolute atomic E-state index is 11.4. The maximum Gasteiger partial charge on any atom is 0.325 e. The molecule has 78 valence electrons. The molecule has 0 heterocycles. The molecule has 0 unspecified atom stereocenters. The van der Waals surface area contributed by atoms with E-state index in [2.05, 4.69) is 4.72 Å². The van der Waals surface area contributed by atoms with Crippen molar-refractivity contribution < 1.29 is 18.3 Å². The van der Waals surface area contributed by atoms with Crippen molar-refractivity contribution in [2.24, 2.45) is 0 Å². The summed E-state index contributed by atoms with van der Waals surface area (Å²) < 4.78 is 23.3. The first-order valence-corrected chi connectivity index (χ1v) is 5.35. The number of hydrogen-bond donors (Lipinski definition) is 2. The van der Waals surface area contributed by atoms with Crippen molar-refractivity contribution in [2.45, 2.75) is 38.5 Å². The molecule has 0 saturated carbocycles. The average molecular weight is 209 g/mol. The second-order valence-corrected chi connectivity index (χ2v) is 5.85. The van der Waals surface area contributed by atoms with Crippen LogP contribution in [0.5, 0.6) is 0 Å². The Labute approximate surface area is 78.2 Å². The fourth-order valence-corrected chi connectivity index (χ4v) is 1.72. The molecule has 0 aromatic rings. The molecule has 0 aromatic carbocycles. The van der Waals surface area contributed by atoms with E-state index in [1.54, 1.807) is 13.8 Å². The summed E-state index contributed by atoms with van der Waals surface area (Å²) in [5.74, 6) is -1.36. The van der Waals surface area contributed by atoms with Gasteiger partial charge in [-0.3, -0.25) is 4.79 Å². The van der Waals surface area contributed by atoms with Crippen molar-refractivity contribution in [2.75, 3.05) is 0 Å². The summed E-state index contributed by atoms with van der Waals surface area (Å²) >= 11 is 0. The van der Waals surface area contributed by atoms with Gasteiger partial charge in [0.15, 0.2) is 4.75 Å². The van der Waals surface area contributed by atoms with Gasteiger partial charge in [-0.2, -0.15) is 0 Å². The Kier molecular flexibility index (Phi) is 3.46. The smallest absolute Gasteiger partial charge is 0.325 e. The SMILES string of the molecule is CC(C)NS(=O)(=O)C(C)(C)C(=O)O. The van der Waals surface area contributed by atoms with Gasteiger partial charge >= 0.3 is 5.97 Å². The number of carbonyl (C=O) groups is 1. The molecule has 0 radical (unpaired) electrons. The molecule has 6 heteroatoms. The monoisotopic (exact) mass is 209 g/mol. The van der Waals surface area contributed by atoms with Gasteiger partial charge in [-0.05, 0) is 27.7 Å². The molecule has 0 aromatic heterocycles. The zero-order chi connectivity index (χ0) is 10.9. The summed E-state index contributed by atoms with van der Waals surface area (Å²) in [7, 11) is -3.81. The molecule has 0 saturated heterocycles. The summed E-state index contributed by atoms with van der Waals surface area (Å²) in [4.78, 5) is 10.6. The molecular weight excluding hydrogens is 194 g/mol. The van der Waals surface area contributed by atoms with Crippen LogP contribution in [-0.2, 0) is 14.8 Å². The number of nitrogens with one attached hydrogen (secondary N) is 1. The first kappa shape index (κ1) is 12.4. The molecule has 0 spiro atoms. The van der Waals surface area contributed by atoms with Crippen molar-refractivity contribution in [1.29, 1.82) is 0 Å². The number of carboxylic acid groups (broad SMARTS) is 1. The Balaban J connectivity index is 4.95. The molecule has 0 aliphatic heterocycles. The largest absolute Gasteiger partial charge is 0.480 e. The highest BCUT2D eigenvalue weighted by molar-refractivity contribution is 7.91. The summed E-state index contributed by atoms with van der Waals surface area (Å²) in [6.07, 6.45) is 0. The number of hydrogen-bond acceptors (Lipinski definition) is 3. The van der Waals surface area contributed by atoms with Gasteiger partial charge in [0.25, 0.3) is 0 Å². The minimum absolute atomic E-state index is 0.302. The lowest BCUT2D eigenvalue weighted by molar-refractivity contribution is -0.139. The maximum atomic E-state index is 11.4. The topological polar surface area (TPSA) is 83.5 Å². The number of rotatable bonds is 4. The minimum atomic E-state index is -3.81. The van der Waals surface area contributed by atoms with E-state index in [0.717, 1.165) is 13.8 Å². The van der Waals surface area contributed by atoms with Crippen molar-refractivity contribution in [3.8, 4) is 0 Å². The molecule has 0 amide bonds. The molecule has 0 aliphatic carbocycles. The molecule has 13 heavy (non-hydrogen) atoms. The van der Waals surface area contributed by atoms with Gasteiger partial charge in [-0.1, -0.05) is 0 Å². The Morgan fingerprint density at radius 2 is 1.77 bits per heavy atom. The van der Waals surface area contributed by atoms with Gasteiger partial charge < -0.3 is 5.11 Å². The zero-order valence-corrected chi connectivity index (χ0v) is 8.97.